The molecule has 0 radical (unpaired) electrons. The van der Waals surface area contributed by atoms with Crippen LogP contribution in [0.2, 0.25) is 0 Å². The lowest BCUT2D eigenvalue weighted by Gasteiger charge is -1.90. The standard InChI is InChI=1S/C9H8S3/c1-7-4-5-9(11-7)12-8-3-2-6-10-8/h2-6H,1H3. The summed E-state index contributed by atoms with van der Waals surface area (Å²) in [5, 5.41) is 2.11. The summed E-state index contributed by atoms with van der Waals surface area (Å²) in [5.41, 5.74) is 0. The molecule has 0 aliphatic carbocycles. The Hall–Kier alpha value is -0.250. The first-order chi connectivity index (χ1) is 5.84. The van der Waals surface area contributed by atoms with Gasteiger partial charge in [0.2, 0.25) is 0 Å². The molecule has 0 N–H and O–H groups in total. The highest BCUT2D eigenvalue weighted by atomic mass is 32.2. The first kappa shape index (κ1) is 8.35. The monoisotopic (exact) mass is 212 g/mol. The molecule has 0 amide bonds. The summed E-state index contributed by atoms with van der Waals surface area (Å²) in [5.74, 6) is 0. The zero-order valence-electron chi connectivity index (χ0n) is 6.61. The van der Waals surface area contributed by atoms with Gasteiger partial charge in [-0.25, -0.2) is 0 Å². The normalized spacial score (nSPS) is 10.4. The van der Waals surface area contributed by atoms with Crippen LogP contribution < -0.4 is 0 Å². The second kappa shape index (κ2) is 3.64. The summed E-state index contributed by atoms with van der Waals surface area (Å²) in [6.07, 6.45) is 0. The second-order valence-corrected chi connectivity index (χ2v) is 6.24. The highest BCUT2D eigenvalue weighted by Gasteiger charge is 1.99. The average Bonchev–Trinajstić information content (AvgIpc) is 2.63. The van der Waals surface area contributed by atoms with E-state index >= 15 is 0 Å². The minimum absolute atomic E-state index is 1.37. The molecule has 0 unspecified atom stereocenters. The van der Waals surface area contributed by atoms with Gasteiger partial charge in [0.25, 0.3) is 0 Å². The van der Waals surface area contributed by atoms with Gasteiger partial charge in [-0.3, -0.25) is 0 Å². The van der Waals surface area contributed by atoms with Crippen molar-refractivity contribution in [1.29, 1.82) is 0 Å². The van der Waals surface area contributed by atoms with E-state index in [0.29, 0.717) is 0 Å². The van der Waals surface area contributed by atoms with Gasteiger partial charge in [0.05, 0.1) is 8.42 Å². The van der Waals surface area contributed by atoms with Gasteiger partial charge in [0.1, 0.15) is 0 Å². The smallest absolute Gasteiger partial charge is 0.0657 e. The van der Waals surface area contributed by atoms with Crippen LogP contribution >= 0.6 is 34.4 Å². The Bertz CT molecular complexity index is 345. The van der Waals surface area contributed by atoms with Crippen LogP contribution in [-0.2, 0) is 0 Å². The van der Waals surface area contributed by atoms with Gasteiger partial charge in [-0.2, -0.15) is 0 Å². The Balaban J connectivity index is 2.14. The topological polar surface area (TPSA) is 0 Å². The summed E-state index contributed by atoms with van der Waals surface area (Å²) in [6.45, 7) is 2.14. The summed E-state index contributed by atoms with van der Waals surface area (Å²) in [4.78, 5) is 1.38. The van der Waals surface area contributed by atoms with Gasteiger partial charge in [0.15, 0.2) is 0 Å². The molecule has 2 heterocycles. The van der Waals surface area contributed by atoms with Gasteiger partial charge in [-0.15, -0.1) is 22.7 Å². The molecule has 2 rings (SSSR count). The molecule has 0 spiro atoms. The Kier molecular flexibility index (Phi) is 2.54. The number of hydrogen-bond acceptors (Lipinski definition) is 3. The molecule has 2 aromatic heterocycles. The molecule has 2 aromatic rings. The summed E-state index contributed by atoms with van der Waals surface area (Å²) in [7, 11) is 0. The molecule has 3 heteroatoms. The lowest BCUT2D eigenvalue weighted by atomic mass is 10.5. The number of thiophene rings is 2. The third-order valence-electron chi connectivity index (χ3n) is 1.41. The van der Waals surface area contributed by atoms with Crippen molar-refractivity contribution >= 4 is 34.4 Å². The van der Waals surface area contributed by atoms with E-state index in [4.69, 9.17) is 0 Å². The van der Waals surface area contributed by atoms with E-state index < -0.39 is 0 Å². The molecule has 0 saturated carbocycles. The van der Waals surface area contributed by atoms with E-state index in [1.807, 2.05) is 23.1 Å². The summed E-state index contributed by atoms with van der Waals surface area (Å²) < 4.78 is 2.76. The molecule has 12 heavy (non-hydrogen) atoms. The lowest BCUT2D eigenvalue weighted by Crippen LogP contribution is -1.55. The van der Waals surface area contributed by atoms with Crippen LogP contribution in [0.15, 0.2) is 38.1 Å². The molecule has 0 saturated heterocycles. The molecular formula is C9H8S3. The van der Waals surface area contributed by atoms with Crippen LogP contribution in [0.4, 0.5) is 0 Å². The molecule has 0 aromatic carbocycles. The third-order valence-corrected chi connectivity index (χ3v) is 4.58. The van der Waals surface area contributed by atoms with Crippen molar-refractivity contribution in [1.82, 2.24) is 0 Å². The molecule has 0 aliphatic rings. The summed E-state index contributed by atoms with van der Waals surface area (Å²) in [6, 6.07) is 8.60. The van der Waals surface area contributed by atoms with Crippen LogP contribution in [0, 0.1) is 6.92 Å². The molecule has 0 atom stereocenters. The van der Waals surface area contributed by atoms with Gasteiger partial charge < -0.3 is 0 Å². The van der Waals surface area contributed by atoms with Crippen molar-refractivity contribution in [2.75, 3.05) is 0 Å². The van der Waals surface area contributed by atoms with Crippen molar-refractivity contribution in [3.63, 3.8) is 0 Å². The Morgan fingerprint density at radius 3 is 2.67 bits per heavy atom. The SMILES string of the molecule is Cc1ccc(Sc2cccs2)s1. The van der Waals surface area contributed by atoms with Crippen molar-refractivity contribution in [2.45, 2.75) is 15.3 Å². The quantitative estimate of drug-likeness (QED) is 0.716. The average molecular weight is 212 g/mol. The molecule has 0 fully saturated rings. The fourth-order valence-corrected chi connectivity index (χ4v) is 4.02. The Morgan fingerprint density at radius 1 is 1.17 bits per heavy atom. The maximum atomic E-state index is 2.18. The van der Waals surface area contributed by atoms with E-state index in [9.17, 15) is 0 Å². The molecular weight excluding hydrogens is 204 g/mol. The Morgan fingerprint density at radius 2 is 2.08 bits per heavy atom. The van der Waals surface area contributed by atoms with Crippen LogP contribution in [0.25, 0.3) is 0 Å². The van der Waals surface area contributed by atoms with Gasteiger partial charge in [0, 0.05) is 4.88 Å². The minimum atomic E-state index is 1.37. The molecule has 62 valence electrons. The fourth-order valence-electron chi connectivity index (χ4n) is 0.888. The van der Waals surface area contributed by atoms with Gasteiger partial charge in [-0.05, 0) is 30.5 Å². The van der Waals surface area contributed by atoms with Crippen LogP contribution in [0.5, 0.6) is 0 Å². The van der Waals surface area contributed by atoms with Crippen molar-refractivity contribution in [2.24, 2.45) is 0 Å². The predicted octanol–water partition coefficient (Wildman–Crippen LogP) is 4.27. The number of hydrogen-bond donors (Lipinski definition) is 0. The Labute approximate surface area is 84.3 Å². The molecule has 0 nitrogen and oxygen atoms in total. The van der Waals surface area contributed by atoms with Crippen LogP contribution in [0.1, 0.15) is 4.88 Å². The van der Waals surface area contributed by atoms with Crippen molar-refractivity contribution < 1.29 is 0 Å². The second-order valence-electron chi connectivity index (χ2n) is 2.40. The molecule has 0 bridgehead atoms. The molecule has 0 aliphatic heterocycles. The van der Waals surface area contributed by atoms with E-state index in [2.05, 4.69) is 36.6 Å². The predicted molar refractivity (Wildman–Crippen MR) is 57.5 cm³/mol. The zero-order valence-corrected chi connectivity index (χ0v) is 9.06. The van der Waals surface area contributed by atoms with E-state index in [1.165, 1.54) is 13.3 Å². The maximum Gasteiger partial charge on any atom is 0.0657 e. The first-order valence-electron chi connectivity index (χ1n) is 3.62. The van der Waals surface area contributed by atoms with E-state index in [-0.39, 0.29) is 0 Å². The highest BCUT2D eigenvalue weighted by molar-refractivity contribution is 8.02. The third kappa shape index (κ3) is 1.91. The van der Waals surface area contributed by atoms with Gasteiger partial charge in [-0.1, -0.05) is 17.8 Å². The zero-order chi connectivity index (χ0) is 8.39. The largest absolute Gasteiger partial charge is 0.137 e. The van der Waals surface area contributed by atoms with E-state index in [1.54, 1.807) is 11.3 Å². The fraction of sp³-hybridized carbons (Fsp3) is 0.111. The highest BCUT2D eigenvalue weighted by Crippen LogP contribution is 2.35. The van der Waals surface area contributed by atoms with Crippen LogP contribution in [0.3, 0.4) is 0 Å². The minimum Gasteiger partial charge on any atom is -0.137 e. The lowest BCUT2D eigenvalue weighted by molar-refractivity contribution is 1.62. The number of rotatable bonds is 2. The van der Waals surface area contributed by atoms with Crippen molar-refractivity contribution in [3.05, 3.63) is 34.5 Å². The first-order valence-corrected chi connectivity index (χ1v) is 6.13. The number of aryl methyl sites for hydroxylation is 1. The maximum absolute atomic E-state index is 2.18. The van der Waals surface area contributed by atoms with E-state index in [0.717, 1.165) is 0 Å². The van der Waals surface area contributed by atoms with Gasteiger partial charge >= 0.3 is 0 Å². The van der Waals surface area contributed by atoms with Crippen molar-refractivity contribution in [3.8, 4) is 0 Å². The summed E-state index contributed by atoms with van der Waals surface area (Å²) >= 11 is 5.50. The van der Waals surface area contributed by atoms with Crippen LogP contribution in [-0.4, -0.2) is 0 Å².